The van der Waals surface area contributed by atoms with Gasteiger partial charge < -0.3 is 15.7 Å². The van der Waals surface area contributed by atoms with Crippen LogP contribution in [-0.4, -0.2) is 30.6 Å². The Morgan fingerprint density at radius 1 is 1.17 bits per heavy atom. The fourth-order valence-corrected chi connectivity index (χ4v) is 4.78. The van der Waals surface area contributed by atoms with Gasteiger partial charge in [0, 0.05) is 12.5 Å². The second-order valence-electron chi connectivity index (χ2n) is 7.47. The van der Waals surface area contributed by atoms with Crippen molar-refractivity contribution in [2.24, 2.45) is 23.7 Å². The molecule has 0 aromatic heterocycles. The SMILES string of the molecule is Cl.O=C(NCC1[C@H]2CNC[C@@H]12)[C@](O)(c1ccccc1)C1CCCC1. The monoisotopic (exact) mass is 350 g/mol. The summed E-state index contributed by atoms with van der Waals surface area (Å²) in [5, 5.41) is 17.8. The van der Waals surface area contributed by atoms with E-state index in [0.717, 1.165) is 56.2 Å². The minimum absolute atomic E-state index is 0. The van der Waals surface area contributed by atoms with Crippen molar-refractivity contribution in [3.05, 3.63) is 35.9 Å². The van der Waals surface area contributed by atoms with Crippen molar-refractivity contribution in [1.29, 1.82) is 0 Å². The predicted molar refractivity (Wildman–Crippen MR) is 95.9 cm³/mol. The van der Waals surface area contributed by atoms with Gasteiger partial charge in [-0.1, -0.05) is 43.2 Å². The van der Waals surface area contributed by atoms with E-state index >= 15 is 0 Å². The van der Waals surface area contributed by atoms with Gasteiger partial charge in [-0.2, -0.15) is 0 Å². The van der Waals surface area contributed by atoms with Crippen LogP contribution >= 0.6 is 12.4 Å². The lowest BCUT2D eigenvalue weighted by Crippen LogP contribution is -2.49. The summed E-state index contributed by atoms with van der Waals surface area (Å²) in [6.07, 6.45) is 4.06. The lowest BCUT2D eigenvalue weighted by Gasteiger charge is -2.33. The maximum Gasteiger partial charge on any atom is 0.256 e. The van der Waals surface area contributed by atoms with Crippen LogP contribution in [0.25, 0.3) is 0 Å². The van der Waals surface area contributed by atoms with Crippen LogP contribution in [0.1, 0.15) is 31.2 Å². The first kappa shape index (κ1) is 17.7. The number of aliphatic hydroxyl groups is 1. The van der Waals surface area contributed by atoms with Crippen LogP contribution in [-0.2, 0) is 10.4 Å². The topological polar surface area (TPSA) is 61.4 Å². The smallest absolute Gasteiger partial charge is 0.256 e. The molecule has 3 N–H and O–H groups in total. The van der Waals surface area contributed by atoms with Crippen LogP contribution < -0.4 is 10.6 Å². The number of halogens is 1. The number of rotatable bonds is 5. The largest absolute Gasteiger partial charge is 0.375 e. The number of benzene rings is 1. The molecule has 2 aliphatic carbocycles. The van der Waals surface area contributed by atoms with Gasteiger partial charge in [-0.15, -0.1) is 12.4 Å². The van der Waals surface area contributed by atoms with E-state index in [0.29, 0.717) is 12.5 Å². The quantitative estimate of drug-likeness (QED) is 0.761. The van der Waals surface area contributed by atoms with Gasteiger partial charge in [0.2, 0.25) is 0 Å². The summed E-state index contributed by atoms with van der Waals surface area (Å²) in [5.74, 6) is 1.89. The molecule has 1 aromatic carbocycles. The second kappa shape index (κ2) is 7.03. The molecule has 0 bridgehead atoms. The highest BCUT2D eigenvalue weighted by Gasteiger charge is 2.53. The first-order valence-corrected chi connectivity index (χ1v) is 8.98. The highest BCUT2D eigenvalue weighted by Crippen LogP contribution is 2.48. The summed E-state index contributed by atoms with van der Waals surface area (Å²) < 4.78 is 0. The molecule has 3 fully saturated rings. The molecule has 2 saturated carbocycles. The van der Waals surface area contributed by atoms with Gasteiger partial charge in [0.15, 0.2) is 5.60 Å². The molecule has 132 valence electrons. The van der Waals surface area contributed by atoms with E-state index in [4.69, 9.17) is 0 Å². The van der Waals surface area contributed by atoms with E-state index in [1.807, 2.05) is 30.3 Å². The third kappa shape index (κ3) is 2.96. The zero-order valence-corrected chi connectivity index (χ0v) is 14.7. The zero-order valence-electron chi connectivity index (χ0n) is 13.9. The van der Waals surface area contributed by atoms with Crippen molar-refractivity contribution in [3.63, 3.8) is 0 Å². The zero-order chi connectivity index (χ0) is 15.9. The molecule has 24 heavy (non-hydrogen) atoms. The number of amides is 1. The van der Waals surface area contributed by atoms with Crippen LogP contribution in [0.15, 0.2) is 30.3 Å². The Balaban J connectivity index is 0.00000169. The van der Waals surface area contributed by atoms with Gasteiger partial charge in [-0.3, -0.25) is 4.79 Å². The average molecular weight is 351 g/mol. The van der Waals surface area contributed by atoms with E-state index in [2.05, 4.69) is 10.6 Å². The average Bonchev–Trinajstić information content (AvgIpc) is 3.02. The van der Waals surface area contributed by atoms with Gasteiger partial charge in [0.05, 0.1) is 0 Å². The molecular weight excluding hydrogens is 324 g/mol. The minimum Gasteiger partial charge on any atom is -0.375 e. The molecule has 4 rings (SSSR count). The molecule has 1 unspecified atom stereocenters. The maximum absolute atomic E-state index is 12.9. The number of carbonyl (C=O) groups is 1. The van der Waals surface area contributed by atoms with Crippen molar-refractivity contribution in [2.45, 2.75) is 31.3 Å². The van der Waals surface area contributed by atoms with Crippen LogP contribution in [0.4, 0.5) is 0 Å². The van der Waals surface area contributed by atoms with Gasteiger partial charge >= 0.3 is 0 Å². The predicted octanol–water partition coefficient (Wildman–Crippen LogP) is 2.07. The highest BCUT2D eigenvalue weighted by molar-refractivity contribution is 5.86. The van der Waals surface area contributed by atoms with Crippen LogP contribution in [0, 0.1) is 23.7 Å². The minimum atomic E-state index is -1.37. The van der Waals surface area contributed by atoms with Gasteiger partial charge in [-0.25, -0.2) is 0 Å². The second-order valence-corrected chi connectivity index (χ2v) is 7.47. The number of piperidine rings is 1. The van der Waals surface area contributed by atoms with Crippen LogP contribution in [0.3, 0.4) is 0 Å². The Morgan fingerprint density at radius 2 is 1.79 bits per heavy atom. The lowest BCUT2D eigenvalue weighted by molar-refractivity contribution is -0.147. The molecule has 0 radical (unpaired) electrons. The summed E-state index contributed by atoms with van der Waals surface area (Å²) in [5.41, 5.74) is -0.637. The normalized spacial score (nSPS) is 31.0. The van der Waals surface area contributed by atoms with Crippen molar-refractivity contribution < 1.29 is 9.90 Å². The number of nitrogens with one attached hydrogen (secondary N) is 2. The third-order valence-corrected chi connectivity index (χ3v) is 6.27. The number of fused-ring (bicyclic) bond motifs is 1. The summed E-state index contributed by atoms with van der Waals surface area (Å²) >= 11 is 0. The molecule has 3 aliphatic rings. The lowest BCUT2D eigenvalue weighted by atomic mass is 9.79. The molecule has 5 heteroatoms. The Bertz CT molecular complexity index is 566. The van der Waals surface area contributed by atoms with Gasteiger partial charge in [0.1, 0.15) is 0 Å². The fraction of sp³-hybridized carbons (Fsp3) is 0.632. The van der Waals surface area contributed by atoms with Crippen molar-refractivity contribution in [2.75, 3.05) is 19.6 Å². The summed E-state index contributed by atoms with van der Waals surface area (Å²) in [7, 11) is 0. The van der Waals surface area contributed by atoms with Crippen molar-refractivity contribution >= 4 is 18.3 Å². The molecule has 1 aliphatic heterocycles. The molecule has 0 spiro atoms. The van der Waals surface area contributed by atoms with E-state index in [1.165, 1.54) is 0 Å². The van der Waals surface area contributed by atoms with Crippen molar-refractivity contribution in [3.8, 4) is 0 Å². The van der Waals surface area contributed by atoms with E-state index in [-0.39, 0.29) is 24.2 Å². The van der Waals surface area contributed by atoms with E-state index < -0.39 is 5.60 Å². The summed E-state index contributed by atoms with van der Waals surface area (Å²) in [4.78, 5) is 12.9. The van der Waals surface area contributed by atoms with E-state index in [1.54, 1.807) is 0 Å². The number of carbonyl (C=O) groups excluding carboxylic acids is 1. The Hall–Kier alpha value is -1.10. The summed E-state index contributed by atoms with van der Waals surface area (Å²) in [6.45, 7) is 2.87. The highest BCUT2D eigenvalue weighted by atomic mass is 35.5. The standard InChI is InChI=1S/C19H26N2O2.ClH/c22-18(21-12-17-15-10-20-11-16(15)17)19(23,14-8-4-5-9-14)13-6-2-1-3-7-13;/h1-3,6-7,14-17,20,23H,4-5,8-12H2,(H,21,22);1H/t15-,16+,17?,19-;/m0./s1. The Kier molecular flexibility index (Phi) is 5.19. The van der Waals surface area contributed by atoms with E-state index in [9.17, 15) is 9.90 Å². The van der Waals surface area contributed by atoms with Crippen molar-refractivity contribution in [1.82, 2.24) is 10.6 Å². The molecule has 4 atom stereocenters. The van der Waals surface area contributed by atoms with Crippen LogP contribution in [0.5, 0.6) is 0 Å². The molecule has 1 heterocycles. The molecule has 4 nitrogen and oxygen atoms in total. The molecular formula is C19H27ClN2O2. The maximum atomic E-state index is 12.9. The van der Waals surface area contributed by atoms with Gasteiger partial charge in [0.25, 0.3) is 5.91 Å². The first-order chi connectivity index (χ1) is 11.2. The third-order valence-electron chi connectivity index (χ3n) is 6.27. The summed E-state index contributed by atoms with van der Waals surface area (Å²) in [6, 6.07) is 9.50. The van der Waals surface area contributed by atoms with Gasteiger partial charge in [-0.05, 0) is 49.2 Å². The first-order valence-electron chi connectivity index (χ1n) is 8.98. The number of hydrogen-bond donors (Lipinski definition) is 3. The Morgan fingerprint density at radius 3 is 2.42 bits per heavy atom. The fourth-order valence-electron chi connectivity index (χ4n) is 4.78. The molecule has 1 amide bonds. The van der Waals surface area contributed by atoms with Crippen LogP contribution in [0.2, 0.25) is 0 Å². The molecule has 1 aromatic rings. The molecule has 1 saturated heterocycles. The number of hydrogen-bond acceptors (Lipinski definition) is 3. The Labute approximate surface area is 149 Å².